The van der Waals surface area contributed by atoms with E-state index in [9.17, 15) is 0 Å². The van der Waals surface area contributed by atoms with Crippen molar-refractivity contribution in [3.05, 3.63) is 11.4 Å². The Balaban J connectivity index is 1.74. The lowest BCUT2D eigenvalue weighted by molar-refractivity contribution is -0.0117. The van der Waals surface area contributed by atoms with Crippen LogP contribution in [0.25, 0.3) is 10.2 Å². The topological polar surface area (TPSA) is 62.3 Å². The monoisotopic (exact) mass is 293 g/mol. The van der Waals surface area contributed by atoms with E-state index in [2.05, 4.69) is 38.6 Å². The van der Waals surface area contributed by atoms with E-state index in [0.29, 0.717) is 5.95 Å². The molecule has 108 valence electrons. The quantitative estimate of drug-likeness (QED) is 0.890. The highest BCUT2D eigenvalue weighted by molar-refractivity contribution is 7.16. The summed E-state index contributed by atoms with van der Waals surface area (Å²) in [5.74, 6) is 1.52. The lowest BCUT2D eigenvalue weighted by atomic mass is 10.2. The molecule has 1 aliphatic heterocycles. The Morgan fingerprint density at radius 2 is 2.40 bits per heavy atom. The van der Waals surface area contributed by atoms with Crippen LogP contribution in [-0.4, -0.2) is 61.3 Å². The summed E-state index contributed by atoms with van der Waals surface area (Å²) in [6.45, 7) is 3.50. The van der Waals surface area contributed by atoms with Crippen LogP contribution < -0.4 is 10.6 Å². The first-order chi connectivity index (χ1) is 9.76. The SMILES string of the molecule is CNc1nc(NCC2CN(C)CCO2)c2ccsc2n1. The van der Waals surface area contributed by atoms with Crippen molar-refractivity contribution in [1.29, 1.82) is 0 Å². The number of thiophene rings is 1. The highest BCUT2D eigenvalue weighted by Gasteiger charge is 2.18. The fourth-order valence-electron chi connectivity index (χ4n) is 2.30. The third-order valence-electron chi connectivity index (χ3n) is 3.39. The van der Waals surface area contributed by atoms with Gasteiger partial charge in [-0.1, -0.05) is 0 Å². The van der Waals surface area contributed by atoms with Crippen molar-refractivity contribution in [2.24, 2.45) is 0 Å². The first kappa shape index (κ1) is 13.5. The molecule has 1 unspecified atom stereocenters. The first-order valence-electron chi connectivity index (χ1n) is 6.73. The maximum absolute atomic E-state index is 5.76. The summed E-state index contributed by atoms with van der Waals surface area (Å²) < 4.78 is 5.76. The van der Waals surface area contributed by atoms with Gasteiger partial charge in [-0.25, -0.2) is 4.98 Å². The minimum atomic E-state index is 0.204. The molecule has 1 aliphatic rings. The zero-order valence-electron chi connectivity index (χ0n) is 11.7. The Bertz CT molecular complexity index is 587. The Morgan fingerprint density at radius 3 is 3.20 bits per heavy atom. The fourth-order valence-corrected chi connectivity index (χ4v) is 3.07. The summed E-state index contributed by atoms with van der Waals surface area (Å²) in [6, 6.07) is 2.05. The molecule has 0 aliphatic carbocycles. The highest BCUT2D eigenvalue weighted by Crippen LogP contribution is 2.26. The van der Waals surface area contributed by atoms with Crippen LogP contribution >= 0.6 is 11.3 Å². The Hall–Kier alpha value is -1.44. The van der Waals surface area contributed by atoms with Crippen molar-refractivity contribution >= 4 is 33.3 Å². The molecule has 3 heterocycles. The summed E-state index contributed by atoms with van der Waals surface area (Å²) in [4.78, 5) is 12.2. The van der Waals surface area contributed by atoms with Gasteiger partial charge in [0, 0.05) is 26.7 Å². The molecule has 1 saturated heterocycles. The molecule has 2 aromatic rings. The van der Waals surface area contributed by atoms with Crippen molar-refractivity contribution in [1.82, 2.24) is 14.9 Å². The van der Waals surface area contributed by atoms with Crippen LogP contribution in [0.2, 0.25) is 0 Å². The third-order valence-corrected chi connectivity index (χ3v) is 4.19. The predicted octanol–water partition coefficient (Wildman–Crippen LogP) is 1.48. The van der Waals surface area contributed by atoms with Gasteiger partial charge in [0.15, 0.2) is 0 Å². The van der Waals surface area contributed by atoms with Gasteiger partial charge in [-0.05, 0) is 18.5 Å². The molecule has 1 atom stereocenters. The van der Waals surface area contributed by atoms with E-state index in [1.165, 1.54) is 0 Å². The van der Waals surface area contributed by atoms with E-state index >= 15 is 0 Å². The average Bonchev–Trinajstić information content (AvgIpc) is 2.93. The number of fused-ring (bicyclic) bond motifs is 1. The number of rotatable bonds is 4. The van der Waals surface area contributed by atoms with E-state index < -0.39 is 0 Å². The van der Waals surface area contributed by atoms with Crippen LogP contribution in [0.4, 0.5) is 11.8 Å². The summed E-state index contributed by atoms with van der Waals surface area (Å²) in [6.07, 6.45) is 0.204. The van der Waals surface area contributed by atoms with Gasteiger partial charge in [0.05, 0.1) is 18.1 Å². The minimum absolute atomic E-state index is 0.204. The van der Waals surface area contributed by atoms with Crippen molar-refractivity contribution in [3.63, 3.8) is 0 Å². The van der Waals surface area contributed by atoms with Crippen LogP contribution in [-0.2, 0) is 4.74 Å². The molecule has 0 amide bonds. The Kier molecular flexibility index (Phi) is 4.00. The van der Waals surface area contributed by atoms with E-state index in [1.807, 2.05) is 12.4 Å². The fraction of sp³-hybridized carbons (Fsp3) is 0.538. The molecular weight excluding hydrogens is 274 g/mol. The average molecular weight is 293 g/mol. The molecule has 0 bridgehead atoms. The summed E-state index contributed by atoms with van der Waals surface area (Å²) in [5.41, 5.74) is 0. The van der Waals surface area contributed by atoms with Crippen LogP contribution in [0, 0.1) is 0 Å². The van der Waals surface area contributed by atoms with Gasteiger partial charge in [0.1, 0.15) is 10.6 Å². The van der Waals surface area contributed by atoms with Gasteiger partial charge in [0.25, 0.3) is 0 Å². The number of aromatic nitrogens is 2. The molecule has 0 radical (unpaired) electrons. The van der Waals surface area contributed by atoms with Gasteiger partial charge >= 0.3 is 0 Å². The summed E-state index contributed by atoms with van der Waals surface area (Å²) in [5, 5.41) is 9.51. The number of hydrogen-bond acceptors (Lipinski definition) is 7. The molecule has 1 fully saturated rings. The second-order valence-electron chi connectivity index (χ2n) is 4.92. The maximum atomic E-state index is 5.76. The largest absolute Gasteiger partial charge is 0.374 e. The minimum Gasteiger partial charge on any atom is -0.374 e. The molecule has 0 aromatic carbocycles. The van der Waals surface area contributed by atoms with Crippen molar-refractivity contribution in [3.8, 4) is 0 Å². The van der Waals surface area contributed by atoms with Gasteiger partial charge in [0.2, 0.25) is 5.95 Å². The number of likely N-dealkylation sites (N-methyl/N-ethyl adjacent to an activating group) is 1. The molecule has 2 N–H and O–H groups in total. The molecule has 3 rings (SSSR count). The van der Waals surface area contributed by atoms with Crippen LogP contribution in [0.15, 0.2) is 11.4 Å². The van der Waals surface area contributed by atoms with Gasteiger partial charge in [-0.2, -0.15) is 4.98 Å². The maximum Gasteiger partial charge on any atom is 0.225 e. The lowest BCUT2D eigenvalue weighted by Gasteiger charge is -2.30. The molecule has 0 spiro atoms. The molecule has 20 heavy (non-hydrogen) atoms. The van der Waals surface area contributed by atoms with Crippen molar-refractivity contribution in [2.45, 2.75) is 6.10 Å². The number of morpholine rings is 1. The van der Waals surface area contributed by atoms with Crippen LogP contribution in [0.3, 0.4) is 0 Å². The van der Waals surface area contributed by atoms with Crippen molar-refractivity contribution in [2.75, 3.05) is 51.0 Å². The number of nitrogens with one attached hydrogen (secondary N) is 2. The van der Waals surface area contributed by atoms with Gasteiger partial charge in [-0.3, -0.25) is 0 Å². The van der Waals surface area contributed by atoms with Crippen molar-refractivity contribution < 1.29 is 4.74 Å². The normalized spacial score (nSPS) is 20.2. The van der Waals surface area contributed by atoms with E-state index in [-0.39, 0.29) is 6.10 Å². The zero-order valence-corrected chi connectivity index (χ0v) is 12.5. The third kappa shape index (κ3) is 2.84. The number of ether oxygens (including phenoxy) is 1. The van der Waals surface area contributed by atoms with Crippen LogP contribution in [0.5, 0.6) is 0 Å². The summed E-state index contributed by atoms with van der Waals surface area (Å²) in [7, 11) is 3.95. The van der Waals surface area contributed by atoms with E-state index in [1.54, 1.807) is 11.3 Å². The van der Waals surface area contributed by atoms with Crippen LogP contribution in [0.1, 0.15) is 0 Å². The molecular formula is C13H19N5OS. The second kappa shape index (κ2) is 5.90. The van der Waals surface area contributed by atoms with E-state index in [4.69, 9.17) is 4.74 Å². The number of anilines is 2. The first-order valence-corrected chi connectivity index (χ1v) is 7.61. The lowest BCUT2D eigenvalue weighted by Crippen LogP contribution is -2.43. The van der Waals surface area contributed by atoms with E-state index in [0.717, 1.165) is 42.3 Å². The Morgan fingerprint density at radius 1 is 1.50 bits per heavy atom. The molecule has 0 saturated carbocycles. The molecule has 7 heteroatoms. The molecule has 6 nitrogen and oxygen atoms in total. The van der Waals surface area contributed by atoms with Gasteiger partial charge in [-0.15, -0.1) is 11.3 Å². The second-order valence-corrected chi connectivity index (χ2v) is 5.82. The number of hydrogen-bond donors (Lipinski definition) is 2. The highest BCUT2D eigenvalue weighted by atomic mass is 32.1. The smallest absolute Gasteiger partial charge is 0.225 e. The standard InChI is InChI=1S/C13H19N5OS/c1-14-13-16-11(10-3-6-20-12(10)17-13)15-7-9-8-18(2)4-5-19-9/h3,6,9H,4-5,7-8H2,1-2H3,(H2,14,15,16,17). The van der Waals surface area contributed by atoms with Gasteiger partial charge < -0.3 is 20.3 Å². The summed E-state index contributed by atoms with van der Waals surface area (Å²) >= 11 is 1.62. The molecule has 2 aromatic heterocycles. The Labute approximate surface area is 122 Å². The number of nitrogens with zero attached hydrogens (tertiary/aromatic N) is 3. The predicted molar refractivity (Wildman–Crippen MR) is 82.7 cm³/mol. The zero-order chi connectivity index (χ0) is 13.9.